The normalized spacial score (nSPS) is 11.1. The van der Waals surface area contributed by atoms with E-state index in [1.54, 1.807) is 24.3 Å². The third-order valence-electron chi connectivity index (χ3n) is 4.49. The first-order valence-electron chi connectivity index (χ1n) is 8.16. The summed E-state index contributed by atoms with van der Waals surface area (Å²) in [5.41, 5.74) is 3.52. The van der Waals surface area contributed by atoms with Gasteiger partial charge in [0, 0.05) is 5.69 Å². The second kappa shape index (κ2) is 6.22. The maximum atomic E-state index is 14.0. The molecule has 2 heterocycles. The molecule has 4 aromatic rings. The van der Waals surface area contributed by atoms with Gasteiger partial charge in [-0.1, -0.05) is 18.2 Å². The van der Waals surface area contributed by atoms with Crippen LogP contribution < -0.4 is 5.32 Å². The number of hydrogen-bond donors (Lipinski definition) is 1. The Morgan fingerprint density at radius 3 is 2.54 bits per heavy atom. The predicted octanol–water partition coefficient (Wildman–Crippen LogP) is 5.06. The minimum absolute atomic E-state index is 0.319. The lowest BCUT2D eigenvalue weighted by Gasteiger charge is -2.09. The molecule has 0 bridgehead atoms. The van der Waals surface area contributed by atoms with Crippen molar-refractivity contribution in [3.05, 3.63) is 77.8 Å². The van der Waals surface area contributed by atoms with Gasteiger partial charge in [0.25, 0.3) is 0 Å². The van der Waals surface area contributed by atoms with E-state index in [9.17, 15) is 8.78 Å². The summed E-state index contributed by atoms with van der Waals surface area (Å²) in [5.74, 6) is -0.172. The Morgan fingerprint density at radius 2 is 1.77 bits per heavy atom. The second-order valence-electron chi connectivity index (χ2n) is 6.05. The maximum absolute atomic E-state index is 14.0. The fraction of sp³-hybridized carbons (Fsp3) is 0.100. The van der Waals surface area contributed by atoms with Crippen LogP contribution in [0.25, 0.3) is 16.7 Å². The van der Waals surface area contributed by atoms with Gasteiger partial charge in [-0.05, 0) is 49.7 Å². The van der Waals surface area contributed by atoms with Crippen molar-refractivity contribution in [3.8, 4) is 5.69 Å². The average molecular weight is 350 g/mol. The van der Waals surface area contributed by atoms with E-state index in [1.165, 1.54) is 24.5 Å². The fourth-order valence-corrected chi connectivity index (χ4v) is 3.11. The summed E-state index contributed by atoms with van der Waals surface area (Å²) >= 11 is 0. The molecule has 0 aliphatic rings. The van der Waals surface area contributed by atoms with Crippen LogP contribution in [-0.4, -0.2) is 14.5 Å². The van der Waals surface area contributed by atoms with Gasteiger partial charge in [0.05, 0.1) is 16.8 Å². The second-order valence-corrected chi connectivity index (χ2v) is 6.05. The molecule has 0 aliphatic heterocycles. The molecule has 0 unspecified atom stereocenters. The molecule has 2 aromatic carbocycles. The largest absolute Gasteiger partial charge is 0.337 e. The fourth-order valence-electron chi connectivity index (χ4n) is 3.11. The third-order valence-corrected chi connectivity index (χ3v) is 4.49. The topological polar surface area (TPSA) is 42.7 Å². The molecular formula is C20H16F2N4. The van der Waals surface area contributed by atoms with Crippen molar-refractivity contribution in [3.63, 3.8) is 0 Å². The lowest BCUT2D eigenvalue weighted by atomic mass is 10.2. The molecule has 0 saturated carbocycles. The van der Waals surface area contributed by atoms with Crippen LogP contribution in [0, 0.1) is 25.5 Å². The molecule has 130 valence electrons. The Hall–Kier alpha value is -3.28. The number of fused-ring (bicyclic) bond motifs is 1. The highest BCUT2D eigenvalue weighted by Gasteiger charge is 2.18. The molecule has 1 N–H and O–H groups in total. The summed E-state index contributed by atoms with van der Waals surface area (Å²) < 4.78 is 29.6. The van der Waals surface area contributed by atoms with Crippen LogP contribution in [0.4, 0.5) is 20.3 Å². The minimum atomic E-state index is -0.363. The number of halogens is 2. The highest BCUT2D eigenvalue weighted by molar-refractivity contribution is 5.94. The number of aromatic nitrogens is 3. The van der Waals surface area contributed by atoms with Gasteiger partial charge < -0.3 is 5.32 Å². The number of benzene rings is 2. The maximum Gasteiger partial charge on any atom is 0.150 e. The summed E-state index contributed by atoms with van der Waals surface area (Å²) in [6, 6.07) is 12.7. The molecule has 0 radical (unpaired) electrons. The zero-order chi connectivity index (χ0) is 18.3. The minimum Gasteiger partial charge on any atom is -0.337 e. The van der Waals surface area contributed by atoms with Crippen LogP contribution in [-0.2, 0) is 0 Å². The Morgan fingerprint density at radius 1 is 0.962 bits per heavy atom. The molecule has 6 heteroatoms. The van der Waals surface area contributed by atoms with E-state index >= 15 is 0 Å². The quantitative estimate of drug-likeness (QED) is 0.562. The van der Waals surface area contributed by atoms with Crippen LogP contribution in [0.5, 0.6) is 0 Å². The SMILES string of the molecule is Cc1c(C)n(-c2cccc(F)c2)c2ncnc(Nc3ccccc3F)c12. The number of para-hydroxylation sites is 1. The number of rotatable bonds is 3. The van der Waals surface area contributed by atoms with Gasteiger partial charge in [0.2, 0.25) is 0 Å². The van der Waals surface area contributed by atoms with E-state index in [0.29, 0.717) is 22.8 Å². The van der Waals surface area contributed by atoms with Crippen molar-refractivity contribution in [1.29, 1.82) is 0 Å². The van der Waals surface area contributed by atoms with Crippen molar-refractivity contribution < 1.29 is 8.78 Å². The van der Waals surface area contributed by atoms with E-state index in [1.807, 2.05) is 24.5 Å². The Labute approximate surface area is 149 Å². The number of aryl methyl sites for hydroxylation is 1. The molecule has 4 rings (SSSR count). The molecule has 0 aliphatic carbocycles. The lowest BCUT2D eigenvalue weighted by molar-refractivity contribution is 0.626. The van der Waals surface area contributed by atoms with Crippen molar-refractivity contribution in [1.82, 2.24) is 14.5 Å². The zero-order valence-corrected chi connectivity index (χ0v) is 14.3. The highest BCUT2D eigenvalue weighted by Crippen LogP contribution is 2.33. The Balaban J connectivity index is 1.93. The summed E-state index contributed by atoms with van der Waals surface area (Å²) in [7, 11) is 0. The van der Waals surface area contributed by atoms with Crippen molar-refractivity contribution in [2.24, 2.45) is 0 Å². The Kier molecular flexibility index (Phi) is 3.88. The van der Waals surface area contributed by atoms with E-state index in [-0.39, 0.29) is 11.6 Å². The molecule has 2 aromatic heterocycles. The molecule has 0 saturated heterocycles. The van der Waals surface area contributed by atoms with E-state index in [2.05, 4.69) is 15.3 Å². The zero-order valence-electron chi connectivity index (χ0n) is 14.3. The van der Waals surface area contributed by atoms with Crippen LogP contribution >= 0.6 is 0 Å². The van der Waals surface area contributed by atoms with Crippen LogP contribution in [0.15, 0.2) is 54.9 Å². The van der Waals surface area contributed by atoms with Gasteiger partial charge in [-0.25, -0.2) is 18.7 Å². The van der Waals surface area contributed by atoms with Crippen molar-refractivity contribution in [2.45, 2.75) is 13.8 Å². The van der Waals surface area contributed by atoms with Gasteiger partial charge in [-0.2, -0.15) is 0 Å². The number of nitrogens with one attached hydrogen (secondary N) is 1. The molecule has 4 nitrogen and oxygen atoms in total. The van der Waals surface area contributed by atoms with E-state index in [4.69, 9.17) is 0 Å². The summed E-state index contributed by atoms with van der Waals surface area (Å²) in [5, 5.41) is 3.82. The number of nitrogens with zero attached hydrogens (tertiary/aromatic N) is 3. The summed E-state index contributed by atoms with van der Waals surface area (Å²) in [4.78, 5) is 8.68. The van der Waals surface area contributed by atoms with E-state index < -0.39 is 0 Å². The van der Waals surface area contributed by atoms with Crippen molar-refractivity contribution >= 4 is 22.5 Å². The number of anilines is 2. The van der Waals surface area contributed by atoms with Crippen molar-refractivity contribution in [2.75, 3.05) is 5.32 Å². The lowest BCUT2D eigenvalue weighted by Crippen LogP contribution is -2.00. The first-order chi connectivity index (χ1) is 12.6. The van der Waals surface area contributed by atoms with E-state index in [0.717, 1.165) is 16.6 Å². The first kappa shape index (κ1) is 16.2. The highest BCUT2D eigenvalue weighted by atomic mass is 19.1. The van der Waals surface area contributed by atoms with Gasteiger partial charge in [0.15, 0.2) is 5.65 Å². The molecule has 0 spiro atoms. The van der Waals surface area contributed by atoms with Crippen LogP contribution in [0.3, 0.4) is 0 Å². The molecule has 26 heavy (non-hydrogen) atoms. The molecule has 0 amide bonds. The number of hydrogen-bond acceptors (Lipinski definition) is 3. The van der Waals surface area contributed by atoms with Gasteiger partial charge in [-0.3, -0.25) is 4.57 Å². The Bertz CT molecular complexity index is 1120. The molecule has 0 atom stereocenters. The molecular weight excluding hydrogens is 334 g/mol. The predicted molar refractivity (Wildman–Crippen MR) is 98.0 cm³/mol. The average Bonchev–Trinajstić information content (AvgIpc) is 2.89. The standard InChI is InChI=1S/C20H16F2N4/c1-12-13(2)26(15-7-5-6-14(21)10-15)20-18(12)19(23-11-24-20)25-17-9-4-3-8-16(17)22/h3-11H,1-2H3,(H,23,24,25). The first-order valence-corrected chi connectivity index (χ1v) is 8.16. The summed E-state index contributed by atoms with van der Waals surface area (Å²) in [6.45, 7) is 3.89. The van der Waals surface area contributed by atoms with Gasteiger partial charge in [0.1, 0.15) is 23.8 Å². The van der Waals surface area contributed by atoms with Crippen LogP contribution in [0.1, 0.15) is 11.3 Å². The smallest absolute Gasteiger partial charge is 0.150 e. The van der Waals surface area contributed by atoms with Gasteiger partial charge in [-0.15, -0.1) is 0 Å². The van der Waals surface area contributed by atoms with Gasteiger partial charge >= 0.3 is 0 Å². The third kappa shape index (κ3) is 2.60. The summed E-state index contributed by atoms with van der Waals surface area (Å²) in [6.07, 6.45) is 1.42. The van der Waals surface area contributed by atoms with Crippen LogP contribution in [0.2, 0.25) is 0 Å². The molecule has 0 fully saturated rings. The monoisotopic (exact) mass is 350 g/mol.